The fraction of sp³-hybridized carbons (Fsp3) is 0.400. The lowest BCUT2D eigenvalue weighted by molar-refractivity contribution is 0.535. The first-order valence-electron chi connectivity index (χ1n) is 6.50. The van der Waals surface area contributed by atoms with Crippen molar-refractivity contribution in [3.05, 3.63) is 39.5 Å². The third-order valence-corrected chi connectivity index (χ3v) is 3.80. The average Bonchev–Trinajstić information content (AvgIpc) is 2.34. The molecule has 0 aliphatic heterocycles. The first-order valence-corrected chi connectivity index (χ1v) is 7.25. The Hall–Kier alpha value is -0.830. The van der Waals surface area contributed by atoms with Gasteiger partial charge in [-0.15, -0.1) is 0 Å². The summed E-state index contributed by atoms with van der Waals surface area (Å²) in [6, 6.07) is 6.20. The van der Waals surface area contributed by atoms with Gasteiger partial charge in [-0.2, -0.15) is 0 Å². The summed E-state index contributed by atoms with van der Waals surface area (Å²) in [5.74, 6) is 0. The molecule has 1 unspecified atom stereocenters. The van der Waals surface area contributed by atoms with E-state index in [2.05, 4.69) is 30.2 Å². The zero-order valence-electron chi connectivity index (χ0n) is 11.4. The second-order valence-electron chi connectivity index (χ2n) is 4.89. The van der Waals surface area contributed by atoms with E-state index in [4.69, 9.17) is 23.2 Å². The molecule has 4 heteroatoms. The summed E-state index contributed by atoms with van der Waals surface area (Å²) in [5, 5.41) is 5.77. The molecular formula is C15H18Cl2N2. The average molecular weight is 297 g/mol. The molecule has 0 spiro atoms. The van der Waals surface area contributed by atoms with Crippen molar-refractivity contribution in [1.29, 1.82) is 0 Å². The Balaban J connectivity index is 2.47. The number of hydrogen-bond donors (Lipinski definition) is 1. The van der Waals surface area contributed by atoms with Gasteiger partial charge in [-0.1, -0.05) is 30.1 Å². The topological polar surface area (TPSA) is 24.9 Å². The Bertz CT molecular complexity index is 591. The van der Waals surface area contributed by atoms with Crippen LogP contribution in [-0.4, -0.2) is 11.0 Å². The normalized spacial score (nSPS) is 12.9. The van der Waals surface area contributed by atoms with Crippen molar-refractivity contribution in [1.82, 2.24) is 10.3 Å². The monoisotopic (exact) mass is 296 g/mol. The highest BCUT2D eigenvalue weighted by Crippen LogP contribution is 2.30. The van der Waals surface area contributed by atoms with E-state index < -0.39 is 0 Å². The predicted octanol–water partition coefficient (Wildman–Crippen LogP) is 4.74. The minimum Gasteiger partial charge on any atom is -0.310 e. The summed E-state index contributed by atoms with van der Waals surface area (Å²) in [7, 11) is 0. The van der Waals surface area contributed by atoms with Gasteiger partial charge in [-0.05, 0) is 44.0 Å². The van der Waals surface area contributed by atoms with E-state index in [9.17, 15) is 0 Å². The Morgan fingerprint density at radius 1 is 1.26 bits per heavy atom. The zero-order valence-corrected chi connectivity index (χ0v) is 12.9. The SMILES string of the molecule is CCC(C)NCc1cc(C)nc2cc(Cl)cc(Cl)c12. The molecule has 0 aliphatic rings. The Morgan fingerprint density at radius 3 is 2.68 bits per heavy atom. The van der Waals surface area contributed by atoms with Crippen LogP contribution in [0.25, 0.3) is 10.9 Å². The first kappa shape index (κ1) is 14.6. The van der Waals surface area contributed by atoms with Crippen LogP contribution in [0.3, 0.4) is 0 Å². The summed E-state index contributed by atoms with van der Waals surface area (Å²) < 4.78 is 0. The number of hydrogen-bond acceptors (Lipinski definition) is 2. The molecule has 1 aromatic carbocycles. The standard InChI is InChI=1S/C15H18Cl2N2/c1-4-9(2)18-8-11-5-10(3)19-14-7-12(16)6-13(17)15(11)14/h5-7,9,18H,4,8H2,1-3H3. The lowest BCUT2D eigenvalue weighted by atomic mass is 10.1. The Kier molecular flexibility index (Phi) is 4.67. The van der Waals surface area contributed by atoms with Gasteiger partial charge in [0.05, 0.1) is 10.5 Å². The van der Waals surface area contributed by atoms with Gasteiger partial charge >= 0.3 is 0 Å². The van der Waals surface area contributed by atoms with Gasteiger partial charge < -0.3 is 5.32 Å². The van der Waals surface area contributed by atoms with Gasteiger partial charge in [-0.3, -0.25) is 4.98 Å². The molecule has 0 bridgehead atoms. The van der Waals surface area contributed by atoms with Gasteiger partial charge in [0.1, 0.15) is 0 Å². The Morgan fingerprint density at radius 2 is 2.00 bits per heavy atom. The second-order valence-corrected chi connectivity index (χ2v) is 5.74. The molecule has 2 nitrogen and oxygen atoms in total. The molecule has 0 fully saturated rings. The van der Waals surface area contributed by atoms with Crippen molar-refractivity contribution in [2.24, 2.45) is 0 Å². The minimum absolute atomic E-state index is 0.481. The fourth-order valence-corrected chi connectivity index (χ4v) is 2.68. The lowest BCUT2D eigenvalue weighted by Crippen LogP contribution is -2.24. The van der Waals surface area contributed by atoms with Crippen molar-refractivity contribution in [3.63, 3.8) is 0 Å². The summed E-state index contributed by atoms with van der Waals surface area (Å²) in [5.41, 5.74) is 3.01. The molecule has 19 heavy (non-hydrogen) atoms. The van der Waals surface area contributed by atoms with Crippen molar-refractivity contribution in [3.8, 4) is 0 Å². The summed E-state index contributed by atoms with van der Waals surface area (Å²) in [6.07, 6.45) is 1.10. The maximum absolute atomic E-state index is 6.32. The van der Waals surface area contributed by atoms with Crippen LogP contribution in [-0.2, 0) is 6.54 Å². The number of benzene rings is 1. The van der Waals surface area contributed by atoms with E-state index in [-0.39, 0.29) is 0 Å². The molecule has 1 aromatic heterocycles. The molecule has 2 aromatic rings. The Labute approximate surface area is 124 Å². The summed E-state index contributed by atoms with van der Waals surface area (Å²) in [4.78, 5) is 4.51. The number of fused-ring (bicyclic) bond motifs is 1. The highest BCUT2D eigenvalue weighted by Gasteiger charge is 2.10. The van der Waals surface area contributed by atoms with Crippen molar-refractivity contribution in [2.75, 3.05) is 0 Å². The molecule has 1 N–H and O–H groups in total. The van der Waals surface area contributed by atoms with Gasteiger partial charge in [0, 0.05) is 28.7 Å². The predicted molar refractivity (Wildman–Crippen MR) is 83.1 cm³/mol. The quantitative estimate of drug-likeness (QED) is 0.881. The maximum Gasteiger partial charge on any atom is 0.0738 e. The molecule has 0 radical (unpaired) electrons. The van der Waals surface area contributed by atoms with Crippen LogP contribution in [0.4, 0.5) is 0 Å². The summed E-state index contributed by atoms with van der Waals surface area (Å²) >= 11 is 12.4. The highest BCUT2D eigenvalue weighted by molar-refractivity contribution is 6.38. The molecule has 102 valence electrons. The van der Waals surface area contributed by atoms with Crippen LogP contribution in [0.2, 0.25) is 10.0 Å². The van der Waals surface area contributed by atoms with Crippen LogP contribution < -0.4 is 5.32 Å². The van der Waals surface area contributed by atoms with E-state index in [0.29, 0.717) is 16.1 Å². The van der Waals surface area contributed by atoms with E-state index in [1.165, 1.54) is 5.56 Å². The van der Waals surface area contributed by atoms with Crippen LogP contribution in [0.15, 0.2) is 18.2 Å². The van der Waals surface area contributed by atoms with E-state index in [0.717, 1.165) is 29.6 Å². The minimum atomic E-state index is 0.481. The molecule has 2 rings (SSSR count). The number of aryl methyl sites for hydroxylation is 1. The smallest absolute Gasteiger partial charge is 0.0738 e. The number of halogens is 2. The molecule has 0 saturated heterocycles. The molecule has 0 aliphatic carbocycles. The van der Waals surface area contributed by atoms with Crippen LogP contribution >= 0.6 is 23.2 Å². The van der Waals surface area contributed by atoms with E-state index in [1.54, 1.807) is 6.07 Å². The second kappa shape index (κ2) is 6.08. The van der Waals surface area contributed by atoms with Crippen molar-refractivity contribution in [2.45, 2.75) is 39.8 Å². The van der Waals surface area contributed by atoms with Crippen molar-refractivity contribution < 1.29 is 0 Å². The number of rotatable bonds is 4. The van der Waals surface area contributed by atoms with Gasteiger partial charge in [0.2, 0.25) is 0 Å². The number of nitrogens with zero attached hydrogens (tertiary/aromatic N) is 1. The molecule has 0 saturated carbocycles. The highest BCUT2D eigenvalue weighted by atomic mass is 35.5. The number of pyridine rings is 1. The first-order chi connectivity index (χ1) is 9.01. The van der Waals surface area contributed by atoms with Crippen LogP contribution in [0, 0.1) is 6.92 Å². The van der Waals surface area contributed by atoms with Gasteiger partial charge in [0.15, 0.2) is 0 Å². The third-order valence-electron chi connectivity index (χ3n) is 3.29. The summed E-state index contributed by atoms with van der Waals surface area (Å²) in [6.45, 7) is 7.12. The third kappa shape index (κ3) is 3.38. The van der Waals surface area contributed by atoms with Crippen LogP contribution in [0.1, 0.15) is 31.5 Å². The fourth-order valence-electron chi connectivity index (χ4n) is 2.08. The molecular weight excluding hydrogens is 279 g/mol. The van der Waals surface area contributed by atoms with Gasteiger partial charge in [-0.25, -0.2) is 0 Å². The lowest BCUT2D eigenvalue weighted by Gasteiger charge is -2.14. The maximum atomic E-state index is 6.32. The van der Waals surface area contributed by atoms with Crippen molar-refractivity contribution >= 4 is 34.1 Å². The van der Waals surface area contributed by atoms with Crippen LogP contribution in [0.5, 0.6) is 0 Å². The number of aromatic nitrogens is 1. The van der Waals surface area contributed by atoms with E-state index in [1.807, 2.05) is 13.0 Å². The molecule has 1 atom stereocenters. The largest absolute Gasteiger partial charge is 0.310 e. The molecule has 1 heterocycles. The number of nitrogens with one attached hydrogen (secondary N) is 1. The molecule has 0 amide bonds. The zero-order chi connectivity index (χ0) is 14.0. The van der Waals surface area contributed by atoms with E-state index >= 15 is 0 Å². The van der Waals surface area contributed by atoms with Gasteiger partial charge in [0.25, 0.3) is 0 Å².